The van der Waals surface area contributed by atoms with E-state index in [9.17, 15) is 9.90 Å². The number of benzene rings is 2. The first-order valence-corrected chi connectivity index (χ1v) is 7.29. The minimum atomic E-state index is -0.911. The number of carbonyl (C=O) groups is 1. The van der Waals surface area contributed by atoms with E-state index >= 15 is 0 Å². The van der Waals surface area contributed by atoms with Crippen molar-refractivity contribution in [3.63, 3.8) is 0 Å². The molecule has 3 rings (SSSR count). The summed E-state index contributed by atoms with van der Waals surface area (Å²) in [6, 6.07) is 11.3. The fourth-order valence-electron chi connectivity index (χ4n) is 2.52. The van der Waals surface area contributed by atoms with Gasteiger partial charge in [-0.2, -0.15) is 0 Å². The van der Waals surface area contributed by atoms with Gasteiger partial charge in [-0.15, -0.1) is 0 Å². The van der Waals surface area contributed by atoms with Gasteiger partial charge in [0.2, 0.25) is 0 Å². The molecule has 0 unspecified atom stereocenters. The molecule has 0 bridgehead atoms. The zero-order chi connectivity index (χ0) is 15.9. The monoisotopic (exact) mass is 314 g/mol. The Balaban J connectivity index is 2.33. The molecule has 112 valence electrons. The van der Waals surface area contributed by atoms with Gasteiger partial charge in [-0.25, -0.2) is 4.98 Å². The first-order chi connectivity index (χ1) is 10.5. The quantitative estimate of drug-likeness (QED) is 0.793. The Kier molecular flexibility index (Phi) is 3.62. The van der Waals surface area contributed by atoms with Gasteiger partial charge in [-0.3, -0.25) is 4.79 Å². The highest BCUT2D eigenvalue weighted by Gasteiger charge is 2.17. The van der Waals surface area contributed by atoms with E-state index in [1.807, 2.05) is 44.2 Å². The molecule has 0 radical (unpaired) electrons. The summed E-state index contributed by atoms with van der Waals surface area (Å²) in [5, 5.41) is 9.78. The molecular weight excluding hydrogens is 300 g/mol. The minimum absolute atomic E-state index is 0.153. The number of hydrogen-bond donors (Lipinski definition) is 1. The van der Waals surface area contributed by atoms with Gasteiger partial charge in [0.25, 0.3) is 0 Å². The lowest BCUT2D eigenvalue weighted by atomic mass is 10.1. The maximum Gasteiger partial charge on any atom is 0.323 e. The van der Waals surface area contributed by atoms with Crippen molar-refractivity contribution in [3.05, 3.63) is 52.5 Å². The van der Waals surface area contributed by atoms with Gasteiger partial charge >= 0.3 is 5.97 Å². The third-order valence-electron chi connectivity index (χ3n) is 3.77. The van der Waals surface area contributed by atoms with Crippen molar-refractivity contribution >= 4 is 28.6 Å². The van der Waals surface area contributed by atoms with Crippen LogP contribution in [0.15, 0.2) is 36.4 Å². The standard InChI is InChI=1S/C17H15ClN2O2/c1-10-7-14-15(8-11(10)2)20(9-16(21)22)17(19-14)12-5-3-4-6-13(12)18/h3-8H,9H2,1-2H3,(H,21,22). The lowest BCUT2D eigenvalue weighted by molar-refractivity contribution is -0.137. The summed E-state index contributed by atoms with van der Waals surface area (Å²) >= 11 is 6.26. The smallest absolute Gasteiger partial charge is 0.323 e. The lowest BCUT2D eigenvalue weighted by Crippen LogP contribution is -2.10. The van der Waals surface area contributed by atoms with Crippen LogP contribution in [-0.2, 0) is 11.3 Å². The van der Waals surface area contributed by atoms with Gasteiger partial charge in [-0.05, 0) is 49.2 Å². The molecule has 0 amide bonds. The zero-order valence-electron chi connectivity index (χ0n) is 12.3. The van der Waals surface area contributed by atoms with E-state index in [1.165, 1.54) is 0 Å². The van der Waals surface area contributed by atoms with Crippen LogP contribution in [0.25, 0.3) is 22.4 Å². The van der Waals surface area contributed by atoms with Gasteiger partial charge in [-0.1, -0.05) is 23.7 Å². The Hall–Kier alpha value is -2.33. The average Bonchev–Trinajstić information content (AvgIpc) is 2.77. The summed E-state index contributed by atoms with van der Waals surface area (Å²) in [5.41, 5.74) is 4.54. The van der Waals surface area contributed by atoms with Crippen molar-refractivity contribution < 1.29 is 9.90 Å². The van der Waals surface area contributed by atoms with E-state index in [0.29, 0.717) is 10.8 Å². The summed E-state index contributed by atoms with van der Waals surface area (Å²) in [4.78, 5) is 15.9. The second kappa shape index (κ2) is 5.46. The molecule has 0 saturated carbocycles. The first kappa shape index (κ1) is 14.6. The molecule has 0 fully saturated rings. The Morgan fingerprint density at radius 1 is 1.23 bits per heavy atom. The second-order valence-corrected chi connectivity index (χ2v) is 5.73. The predicted molar refractivity (Wildman–Crippen MR) is 87.3 cm³/mol. The van der Waals surface area contributed by atoms with Crippen LogP contribution in [-0.4, -0.2) is 20.6 Å². The maximum absolute atomic E-state index is 11.2. The Morgan fingerprint density at radius 3 is 2.59 bits per heavy atom. The van der Waals surface area contributed by atoms with Crippen LogP contribution in [0.4, 0.5) is 0 Å². The Labute approximate surface area is 133 Å². The van der Waals surface area contributed by atoms with Crippen LogP contribution >= 0.6 is 11.6 Å². The number of fused-ring (bicyclic) bond motifs is 1. The van der Waals surface area contributed by atoms with Crippen molar-refractivity contribution in [1.82, 2.24) is 9.55 Å². The number of aryl methyl sites for hydroxylation is 2. The van der Waals surface area contributed by atoms with Crippen LogP contribution in [0.1, 0.15) is 11.1 Å². The molecule has 1 N–H and O–H groups in total. The van der Waals surface area contributed by atoms with E-state index in [0.717, 1.165) is 27.7 Å². The van der Waals surface area contributed by atoms with Crippen molar-refractivity contribution in [2.45, 2.75) is 20.4 Å². The number of hydrogen-bond acceptors (Lipinski definition) is 2. The Bertz CT molecular complexity index is 884. The second-order valence-electron chi connectivity index (χ2n) is 5.32. The fraction of sp³-hybridized carbons (Fsp3) is 0.176. The van der Waals surface area contributed by atoms with Crippen molar-refractivity contribution in [2.24, 2.45) is 0 Å². The minimum Gasteiger partial charge on any atom is -0.480 e. The SMILES string of the molecule is Cc1cc2nc(-c3ccccc3Cl)n(CC(=O)O)c2cc1C. The number of aromatic nitrogens is 2. The topological polar surface area (TPSA) is 55.1 Å². The van der Waals surface area contributed by atoms with Gasteiger partial charge in [0.1, 0.15) is 12.4 Å². The molecule has 0 atom stereocenters. The zero-order valence-corrected chi connectivity index (χ0v) is 13.1. The van der Waals surface area contributed by atoms with Crippen LogP contribution < -0.4 is 0 Å². The normalized spacial score (nSPS) is 11.0. The van der Waals surface area contributed by atoms with E-state index < -0.39 is 5.97 Å². The van der Waals surface area contributed by atoms with Gasteiger partial charge < -0.3 is 9.67 Å². The molecule has 2 aromatic carbocycles. The van der Waals surface area contributed by atoms with Crippen molar-refractivity contribution in [1.29, 1.82) is 0 Å². The third kappa shape index (κ3) is 2.46. The number of imidazole rings is 1. The van der Waals surface area contributed by atoms with Crippen LogP contribution in [0.2, 0.25) is 5.02 Å². The molecule has 1 heterocycles. The number of halogens is 1. The average molecular weight is 315 g/mol. The largest absolute Gasteiger partial charge is 0.480 e. The summed E-state index contributed by atoms with van der Waals surface area (Å²) in [6.07, 6.45) is 0. The highest BCUT2D eigenvalue weighted by atomic mass is 35.5. The molecular formula is C17H15ClN2O2. The molecule has 4 nitrogen and oxygen atoms in total. The van der Waals surface area contributed by atoms with Crippen LogP contribution in [0.5, 0.6) is 0 Å². The number of aliphatic carboxylic acids is 1. The summed E-state index contributed by atoms with van der Waals surface area (Å²) in [6.45, 7) is 3.86. The van der Waals surface area contributed by atoms with Crippen molar-refractivity contribution in [2.75, 3.05) is 0 Å². The highest BCUT2D eigenvalue weighted by molar-refractivity contribution is 6.33. The lowest BCUT2D eigenvalue weighted by Gasteiger charge is -2.08. The van der Waals surface area contributed by atoms with E-state index in [-0.39, 0.29) is 6.54 Å². The molecule has 5 heteroatoms. The van der Waals surface area contributed by atoms with Crippen LogP contribution in [0.3, 0.4) is 0 Å². The molecule has 0 aliphatic rings. The number of nitrogens with zero attached hydrogens (tertiary/aromatic N) is 2. The number of rotatable bonds is 3. The molecule has 3 aromatic rings. The molecule has 1 aromatic heterocycles. The van der Waals surface area contributed by atoms with Gasteiger partial charge in [0, 0.05) is 5.56 Å². The number of carboxylic acid groups (broad SMARTS) is 1. The van der Waals surface area contributed by atoms with E-state index in [1.54, 1.807) is 10.6 Å². The molecule has 0 aliphatic carbocycles. The third-order valence-corrected chi connectivity index (χ3v) is 4.10. The first-order valence-electron chi connectivity index (χ1n) is 6.91. The van der Waals surface area contributed by atoms with E-state index in [2.05, 4.69) is 4.98 Å². The summed E-state index contributed by atoms with van der Waals surface area (Å²) < 4.78 is 1.70. The molecule has 22 heavy (non-hydrogen) atoms. The maximum atomic E-state index is 11.2. The highest BCUT2D eigenvalue weighted by Crippen LogP contribution is 2.31. The van der Waals surface area contributed by atoms with Gasteiger partial charge in [0.15, 0.2) is 0 Å². The van der Waals surface area contributed by atoms with Crippen LogP contribution in [0, 0.1) is 13.8 Å². The van der Waals surface area contributed by atoms with Gasteiger partial charge in [0.05, 0.1) is 16.1 Å². The molecule has 0 aliphatic heterocycles. The van der Waals surface area contributed by atoms with Crippen molar-refractivity contribution in [3.8, 4) is 11.4 Å². The predicted octanol–water partition coefficient (Wildman–Crippen LogP) is 4.06. The van der Waals surface area contributed by atoms with E-state index in [4.69, 9.17) is 11.6 Å². The molecule has 0 spiro atoms. The fourth-order valence-corrected chi connectivity index (χ4v) is 2.74. The number of carboxylic acids is 1. The summed E-state index contributed by atoms with van der Waals surface area (Å²) in [7, 11) is 0. The summed E-state index contributed by atoms with van der Waals surface area (Å²) in [5.74, 6) is -0.334. The molecule has 0 saturated heterocycles. The Morgan fingerprint density at radius 2 is 1.91 bits per heavy atom.